The second-order valence-corrected chi connectivity index (χ2v) is 8.92. The lowest BCUT2D eigenvalue weighted by Crippen LogP contribution is -2.47. The van der Waals surface area contributed by atoms with E-state index in [4.69, 9.17) is 0 Å². The van der Waals surface area contributed by atoms with Crippen molar-refractivity contribution >= 4 is 36.4 Å². The highest BCUT2D eigenvalue weighted by Gasteiger charge is 2.20. The first-order chi connectivity index (χ1) is 16.0. The van der Waals surface area contributed by atoms with Crippen LogP contribution in [0.3, 0.4) is 0 Å². The molecule has 1 aliphatic rings. The van der Waals surface area contributed by atoms with Crippen LogP contribution < -0.4 is 10.2 Å². The van der Waals surface area contributed by atoms with Crippen LogP contribution >= 0.6 is 24.8 Å². The SMILES string of the molecule is Cc1cccc(N2CCN(CCCNC(=O)c3nc(C)n(-c4ccccc4)c3C)CC2)c1C.Cl.Cl. The van der Waals surface area contributed by atoms with Crippen molar-refractivity contribution in [2.24, 2.45) is 0 Å². The number of aromatic nitrogens is 2. The van der Waals surface area contributed by atoms with E-state index in [2.05, 4.69) is 52.1 Å². The summed E-state index contributed by atoms with van der Waals surface area (Å²) in [6, 6.07) is 16.6. The Kier molecular flexibility index (Phi) is 10.6. The Balaban J connectivity index is 0.00000216. The zero-order chi connectivity index (χ0) is 23.4. The molecular formula is C27H37Cl2N5O. The number of carbonyl (C=O) groups excluding carboxylic acids is 1. The predicted molar refractivity (Wildman–Crippen MR) is 149 cm³/mol. The lowest BCUT2D eigenvalue weighted by atomic mass is 10.1. The molecule has 0 atom stereocenters. The minimum Gasteiger partial charge on any atom is -0.369 e. The molecule has 35 heavy (non-hydrogen) atoms. The molecule has 3 aromatic rings. The van der Waals surface area contributed by atoms with Crippen LogP contribution in [0.2, 0.25) is 0 Å². The summed E-state index contributed by atoms with van der Waals surface area (Å²) in [7, 11) is 0. The molecule has 0 radical (unpaired) electrons. The van der Waals surface area contributed by atoms with Crippen LogP contribution in [0.1, 0.15) is 39.6 Å². The molecule has 0 spiro atoms. The number of amides is 1. The van der Waals surface area contributed by atoms with Gasteiger partial charge in [0.2, 0.25) is 0 Å². The Morgan fingerprint density at radius 2 is 1.60 bits per heavy atom. The molecule has 1 saturated heterocycles. The highest BCUT2D eigenvalue weighted by atomic mass is 35.5. The Morgan fingerprint density at radius 1 is 0.914 bits per heavy atom. The number of para-hydroxylation sites is 1. The van der Waals surface area contributed by atoms with E-state index in [1.54, 1.807) is 0 Å². The van der Waals surface area contributed by atoms with E-state index in [1.165, 1.54) is 16.8 Å². The molecule has 0 aliphatic carbocycles. The summed E-state index contributed by atoms with van der Waals surface area (Å²) in [4.78, 5) is 22.3. The van der Waals surface area contributed by atoms with Gasteiger partial charge in [-0.05, 0) is 70.0 Å². The van der Waals surface area contributed by atoms with E-state index in [1.807, 2.05) is 48.7 Å². The van der Waals surface area contributed by atoms with Crippen molar-refractivity contribution in [3.63, 3.8) is 0 Å². The normalized spacial score (nSPS) is 13.7. The van der Waals surface area contributed by atoms with Gasteiger partial charge in [-0.25, -0.2) is 4.98 Å². The van der Waals surface area contributed by atoms with Gasteiger partial charge in [0.1, 0.15) is 11.5 Å². The standard InChI is InChI=1S/C27H35N5O.2ClH/c1-20-10-8-13-25(21(20)2)31-18-16-30(17-19-31)15-9-14-28-27(33)26-22(3)32(23(4)29-26)24-11-6-5-7-12-24;;/h5-8,10-13H,9,14-19H2,1-4H3,(H,28,33);2*1H. The van der Waals surface area contributed by atoms with Crippen molar-refractivity contribution < 1.29 is 4.79 Å². The molecule has 1 N–H and O–H groups in total. The predicted octanol–water partition coefficient (Wildman–Crippen LogP) is 4.89. The molecule has 1 fully saturated rings. The van der Waals surface area contributed by atoms with E-state index < -0.39 is 0 Å². The highest BCUT2D eigenvalue weighted by molar-refractivity contribution is 5.93. The third-order valence-corrected chi connectivity index (χ3v) is 6.73. The van der Waals surface area contributed by atoms with Crippen molar-refractivity contribution in [2.45, 2.75) is 34.1 Å². The second-order valence-electron chi connectivity index (χ2n) is 8.92. The van der Waals surface area contributed by atoms with Gasteiger partial charge in [-0.15, -0.1) is 24.8 Å². The molecule has 4 rings (SSSR count). The molecule has 190 valence electrons. The van der Waals surface area contributed by atoms with Crippen LogP contribution in [0.5, 0.6) is 0 Å². The summed E-state index contributed by atoms with van der Waals surface area (Å²) >= 11 is 0. The van der Waals surface area contributed by atoms with E-state index >= 15 is 0 Å². The molecule has 0 saturated carbocycles. The Morgan fingerprint density at radius 3 is 2.29 bits per heavy atom. The van der Waals surface area contributed by atoms with Crippen LogP contribution in [0.25, 0.3) is 5.69 Å². The summed E-state index contributed by atoms with van der Waals surface area (Å²) in [6.07, 6.45) is 0.937. The third-order valence-electron chi connectivity index (χ3n) is 6.73. The molecular weight excluding hydrogens is 481 g/mol. The number of hydrogen-bond acceptors (Lipinski definition) is 4. The van der Waals surface area contributed by atoms with Gasteiger partial charge in [-0.2, -0.15) is 0 Å². The van der Waals surface area contributed by atoms with Gasteiger partial charge in [0, 0.05) is 44.1 Å². The first-order valence-corrected chi connectivity index (χ1v) is 11.9. The fourth-order valence-corrected chi connectivity index (χ4v) is 4.69. The van der Waals surface area contributed by atoms with E-state index in [0.717, 1.165) is 56.4 Å². The van der Waals surface area contributed by atoms with Crippen LogP contribution in [-0.2, 0) is 0 Å². The summed E-state index contributed by atoms with van der Waals surface area (Å²) in [5.41, 5.74) is 6.51. The smallest absolute Gasteiger partial charge is 0.271 e. The van der Waals surface area contributed by atoms with Crippen molar-refractivity contribution in [3.8, 4) is 5.69 Å². The number of nitrogens with zero attached hydrogens (tertiary/aromatic N) is 4. The number of imidazole rings is 1. The monoisotopic (exact) mass is 517 g/mol. The molecule has 8 heteroatoms. The summed E-state index contributed by atoms with van der Waals surface area (Å²) < 4.78 is 2.03. The van der Waals surface area contributed by atoms with Gasteiger partial charge in [-0.1, -0.05) is 30.3 Å². The lowest BCUT2D eigenvalue weighted by Gasteiger charge is -2.37. The number of piperazine rings is 1. The molecule has 0 unspecified atom stereocenters. The van der Waals surface area contributed by atoms with Gasteiger partial charge in [0.15, 0.2) is 0 Å². The van der Waals surface area contributed by atoms with E-state index in [9.17, 15) is 4.79 Å². The van der Waals surface area contributed by atoms with Gasteiger partial charge in [-0.3, -0.25) is 9.69 Å². The Hall–Kier alpha value is -2.54. The largest absolute Gasteiger partial charge is 0.369 e. The first-order valence-electron chi connectivity index (χ1n) is 11.9. The maximum absolute atomic E-state index is 12.8. The maximum atomic E-state index is 12.8. The van der Waals surface area contributed by atoms with Gasteiger partial charge >= 0.3 is 0 Å². The minimum atomic E-state index is -0.0926. The van der Waals surface area contributed by atoms with Crippen molar-refractivity contribution in [2.75, 3.05) is 44.2 Å². The molecule has 0 bridgehead atoms. The Labute approximate surface area is 221 Å². The maximum Gasteiger partial charge on any atom is 0.271 e. The van der Waals surface area contributed by atoms with Gasteiger partial charge in [0.25, 0.3) is 5.91 Å². The zero-order valence-electron chi connectivity index (χ0n) is 21.1. The quantitative estimate of drug-likeness (QED) is 0.453. The molecule has 1 aliphatic heterocycles. The average molecular weight is 519 g/mol. The van der Waals surface area contributed by atoms with Crippen molar-refractivity contribution in [3.05, 3.63) is 76.9 Å². The summed E-state index contributed by atoms with van der Waals surface area (Å²) in [6.45, 7) is 14.2. The number of anilines is 1. The number of benzene rings is 2. The van der Waals surface area contributed by atoms with Crippen LogP contribution in [-0.4, -0.2) is 59.6 Å². The number of nitrogens with one attached hydrogen (secondary N) is 1. The summed E-state index contributed by atoms with van der Waals surface area (Å²) in [5.74, 6) is 0.732. The highest BCUT2D eigenvalue weighted by Crippen LogP contribution is 2.24. The van der Waals surface area contributed by atoms with Gasteiger partial charge in [0.05, 0.1) is 5.69 Å². The zero-order valence-corrected chi connectivity index (χ0v) is 22.7. The number of halogens is 2. The first kappa shape index (κ1) is 28.7. The van der Waals surface area contributed by atoms with Crippen molar-refractivity contribution in [1.82, 2.24) is 19.8 Å². The number of hydrogen-bond donors (Lipinski definition) is 1. The molecule has 2 heterocycles. The average Bonchev–Trinajstić information content (AvgIpc) is 3.13. The van der Waals surface area contributed by atoms with E-state index in [0.29, 0.717) is 12.2 Å². The third kappa shape index (κ3) is 6.57. The fourth-order valence-electron chi connectivity index (χ4n) is 4.69. The molecule has 1 aromatic heterocycles. The second kappa shape index (κ2) is 13.0. The number of rotatable bonds is 7. The van der Waals surface area contributed by atoms with E-state index in [-0.39, 0.29) is 30.7 Å². The lowest BCUT2D eigenvalue weighted by molar-refractivity contribution is 0.0946. The summed E-state index contributed by atoms with van der Waals surface area (Å²) in [5, 5.41) is 3.07. The number of aryl methyl sites for hydroxylation is 2. The minimum absolute atomic E-state index is 0. The molecule has 1 amide bonds. The topological polar surface area (TPSA) is 53.4 Å². The fraction of sp³-hybridized carbons (Fsp3) is 0.407. The van der Waals surface area contributed by atoms with Crippen LogP contribution in [0.15, 0.2) is 48.5 Å². The van der Waals surface area contributed by atoms with Gasteiger partial charge < -0.3 is 14.8 Å². The molecule has 2 aromatic carbocycles. The number of carbonyl (C=O) groups is 1. The Bertz CT molecular complexity index is 1110. The van der Waals surface area contributed by atoms with Crippen molar-refractivity contribution in [1.29, 1.82) is 0 Å². The molecule has 6 nitrogen and oxygen atoms in total. The van der Waals surface area contributed by atoms with Crippen LogP contribution in [0, 0.1) is 27.7 Å². The van der Waals surface area contributed by atoms with Crippen LogP contribution in [0.4, 0.5) is 5.69 Å².